The summed E-state index contributed by atoms with van der Waals surface area (Å²) in [6.45, 7) is 4.20. The monoisotopic (exact) mass is 336 g/mol. The summed E-state index contributed by atoms with van der Waals surface area (Å²) >= 11 is 0. The SMILES string of the molecule is C=C1CC[C@H](OC(=O)c2ccccc2)[C@H]1COC(=O)c1ccccc1. The molecule has 25 heavy (non-hydrogen) atoms. The van der Waals surface area contributed by atoms with E-state index in [4.69, 9.17) is 9.47 Å². The van der Waals surface area contributed by atoms with E-state index in [1.165, 1.54) is 0 Å². The van der Waals surface area contributed by atoms with Crippen molar-refractivity contribution in [1.82, 2.24) is 0 Å². The van der Waals surface area contributed by atoms with Crippen molar-refractivity contribution >= 4 is 11.9 Å². The highest BCUT2D eigenvalue weighted by atomic mass is 16.6. The molecule has 0 N–H and O–H groups in total. The third kappa shape index (κ3) is 4.15. The Labute approximate surface area is 147 Å². The summed E-state index contributed by atoms with van der Waals surface area (Å²) < 4.78 is 11.0. The van der Waals surface area contributed by atoms with Crippen LogP contribution in [0.3, 0.4) is 0 Å². The van der Waals surface area contributed by atoms with Gasteiger partial charge in [-0.2, -0.15) is 0 Å². The summed E-state index contributed by atoms with van der Waals surface area (Å²) in [6.07, 6.45) is 1.15. The fourth-order valence-electron chi connectivity index (χ4n) is 2.95. The molecule has 0 spiro atoms. The van der Waals surface area contributed by atoms with E-state index in [0.29, 0.717) is 17.5 Å². The normalized spacial score (nSPS) is 19.4. The minimum Gasteiger partial charge on any atom is -0.461 e. The Morgan fingerprint density at radius 3 is 2.08 bits per heavy atom. The third-order valence-electron chi connectivity index (χ3n) is 4.39. The van der Waals surface area contributed by atoms with Crippen LogP contribution in [0.1, 0.15) is 33.6 Å². The van der Waals surface area contributed by atoms with Gasteiger partial charge in [0.15, 0.2) is 0 Å². The van der Waals surface area contributed by atoms with Gasteiger partial charge in [0.1, 0.15) is 12.7 Å². The lowest BCUT2D eigenvalue weighted by molar-refractivity contribution is 0.00901. The molecule has 4 heteroatoms. The summed E-state index contributed by atoms with van der Waals surface area (Å²) in [4.78, 5) is 24.4. The quantitative estimate of drug-likeness (QED) is 0.611. The summed E-state index contributed by atoms with van der Waals surface area (Å²) in [5, 5.41) is 0. The van der Waals surface area contributed by atoms with E-state index in [-0.39, 0.29) is 30.6 Å². The van der Waals surface area contributed by atoms with Gasteiger partial charge in [-0.1, -0.05) is 48.6 Å². The number of carbonyl (C=O) groups is 2. The van der Waals surface area contributed by atoms with Gasteiger partial charge in [0.25, 0.3) is 0 Å². The van der Waals surface area contributed by atoms with Gasteiger partial charge in [0.05, 0.1) is 17.0 Å². The molecule has 2 aromatic carbocycles. The molecular formula is C21H20O4. The molecule has 0 radical (unpaired) electrons. The molecule has 0 amide bonds. The molecule has 1 aliphatic rings. The highest BCUT2D eigenvalue weighted by Gasteiger charge is 2.34. The smallest absolute Gasteiger partial charge is 0.338 e. The van der Waals surface area contributed by atoms with Crippen molar-refractivity contribution in [2.24, 2.45) is 5.92 Å². The van der Waals surface area contributed by atoms with Crippen LogP contribution in [-0.2, 0) is 9.47 Å². The summed E-state index contributed by atoms with van der Waals surface area (Å²) in [7, 11) is 0. The Bertz CT molecular complexity index is 752. The molecule has 0 saturated heterocycles. The fraction of sp³-hybridized carbons (Fsp3) is 0.238. The molecule has 1 saturated carbocycles. The third-order valence-corrected chi connectivity index (χ3v) is 4.39. The van der Waals surface area contributed by atoms with Gasteiger partial charge >= 0.3 is 11.9 Å². The largest absolute Gasteiger partial charge is 0.461 e. The van der Waals surface area contributed by atoms with Gasteiger partial charge in [0.2, 0.25) is 0 Å². The van der Waals surface area contributed by atoms with Crippen LogP contribution in [0.25, 0.3) is 0 Å². The van der Waals surface area contributed by atoms with Crippen LogP contribution >= 0.6 is 0 Å². The van der Waals surface area contributed by atoms with Crippen molar-refractivity contribution in [2.75, 3.05) is 6.61 Å². The van der Waals surface area contributed by atoms with E-state index in [2.05, 4.69) is 6.58 Å². The van der Waals surface area contributed by atoms with Gasteiger partial charge in [0, 0.05) is 0 Å². The van der Waals surface area contributed by atoms with Crippen LogP contribution in [0.4, 0.5) is 0 Å². The van der Waals surface area contributed by atoms with Crippen molar-refractivity contribution in [2.45, 2.75) is 18.9 Å². The van der Waals surface area contributed by atoms with Crippen LogP contribution in [0.2, 0.25) is 0 Å². The van der Waals surface area contributed by atoms with Crippen LogP contribution < -0.4 is 0 Å². The second kappa shape index (κ2) is 7.79. The molecule has 4 nitrogen and oxygen atoms in total. The molecule has 2 aromatic rings. The van der Waals surface area contributed by atoms with Gasteiger partial charge in [-0.25, -0.2) is 9.59 Å². The van der Waals surface area contributed by atoms with E-state index in [0.717, 1.165) is 12.0 Å². The predicted octanol–water partition coefficient (Wildman–Crippen LogP) is 4.04. The van der Waals surface area contributed by atoms with Crippen molar-refractivity contribution < 1.29 is 19.1 Å². The Kier molecular flexibility index (Phi) is 5.29. The number of esters is 2. The van der Waals surface area contributed by atoms with Crippen molar-refractivity contribution in [3.63, 3.8) is 0 Å². The molecule has 1 aliphatic carbocycles. The second-order valence-electron chi connectivity index (χ2n) is 6.08. The van der Waals surface area contributed by atoms with E-state index in [9.17, 15) is 9.59 Å². The number of rotatable bonds is 5. The predicted molar refractivity (Wildman–Crippen MR) is 94.2 cm³/mol. The average Bonchev–Trinajstić information content (AvgIpc) is 3.00. The number of ether oxygens (including phenoxy) is 2. The van der Waals surface area contributed by atoms with Gasteiger partial charge in [-0.05, 0) is 37.1 Å². The minimum absolute atomic E-state index is 0.166. The van der Waals surface area contributed by atoms with E-state index in [1.54, 1.807) is 48.5 Å². The van der Waals surface area contributed by atoms with Gasteiger partial charge < -0.3 is 9.47 Å². The summed E-state index contributed by atoms with van der Waals surface area (Å²) in [6, 6.07) is 17.7. The first-order chi connectivity index (χ1) is 12.1. The van der Waals surface area contributed by atoms with E-state index in [1.807, 2.05) is 12.1 Å². The lowest BCUT2D eigenvalue weighted by Crippen LogP contribution is -2.27. The summed E-state index contributed by atoms with van der Waals surface area (Å²) in [5.74, 6) is -0.909. The Morgan fingerprint density at radius 2 is 1.48 bits per heavy atom. The van der Waals surface area contributed by atoms with Crippen LogP contribution in [0.15, 0.2) is 72.8 Å². The first kappa shape index (κ1) is 17.0. The molecule has 128 valence electrons. The standard InChI is InChI=1S/C21H20O4/c1-15-12-13-19(25-21(23)17-10-6-3-7-11-17)18(15)14-24-20(22)16-8-4-2-5-9-16/h2-11,18-19H,1,12-14H2/t18-,19-/m0/s1. The van der Waals surface area contributed by atoms with Crippen molar-refractivity contribution in [3.8, 4) is 0 Å². The average molecular weight is 336 g/mol. The maximum Gasteiger partial charge on any atom is 0.338 e. The Morgan fingerprint density at radius 1 is 0.920 bits per heavy atom. The Balaban J connectivity index is 1.60. The molecule has 0 aliphatic heterocycles. The topological polar surface area (TPSA) is 52.6 Å². The molecule has 0 unspecified atom stereocenters. The fourth-order valence-corrected chi connectivity index (χ4v) is 2.95. The zero-order chi connectivity index (χ0) is 17.6. The van der Waals surface area contributed by atoms with Crippen molar-refractivity contribution in [1.29, 1.82) is 0 Å². The summed E-state index contributed by atoms with van der Waals surface area (Å²) in [5.41, 5.74) is 1.97. The van der Waals surface area contributed by atoms with Gasteiger partial charge in [-0.15, -0.1) is 0 Å². The molecular weight excluding hydrogens is 316 g/mol. The zero-order valence-electron chi connectivity index (χ0n) is 13.9. The number of carbonyl (C=O) groups excluding carboxylic acids is 2. The van der Waals surface area contributed by atoms with E-state index >= 15 is 0 Å². The second-order valence-corrected chi connectivity index (χ2v) is 6.08. The van der Waals surface area contributed by atoms with E-state index < -0.39 is 0 Å². The lowest BCUT2D eigenvalue weighted by atomic mass is 10.0. The van der Waals surface area contributed by atoms with Crippen molar-refractivity contribution in [3.05, 3.63) is 83.9 Å². The van der Waals surface area contributed by atoms with Gasteiger partial charge in [-0.3, -0.25) is 0 Å². The molecule has 0 heterocycles. The molecule has 0 aromatic heterocycles. The first-order valence-electron chi connectivity index (χ1n) is 8.31. The number of benzene rings is 2. The highest BCUT2D eigenvalue weighted by Crippen LogP contribution is 2.33. The number of hydrogen-bond acceptors (Lipinski definition) is 4. The molecule has 3 rings (SSSR count). The number of hydrogen-bond donors (Lipinski definition) is 0. The highest BCUT2D eigenvalue weighted by molar-refractivity contribution is 5.90. The molecule has 1 fully saturated rings. The van der Waals surface area contributed by atoms with Crippen LogP contribution in [-0.4, -0.2) is 24.6 Å². The molecule has 0 bridgehead atoms. The lowest BCUT2D eigenvalue weighted by Gasteiger charge is -2.20. The maximum atomic E-state index is 12.3. The zero-order valence-corrected chi connectivity index (χ0v) is 13.9. The van der Waals surface area contributed by atoms with Crippen LogP contribution in [0, 0.1) is 5.92 Å². The molecule has 2 atom stereocenters. The first-order valence-corrected chi connectivity index (χ1v) is 8.31. The van der Waals surface area contributed by atoms with Crippen LogP contribution in [0.5, 0.6) is 0 Å². The Hall–Kier alpha value is -2.88. The minimum atomic E-state index is -0.381. The maximum absolute atomic E-state index is 12.3.